The summed E-state index contributed by atoms with van der Waals surface area (Å²) in [6.45, 7) is 6.08. The predicted molar refractivity (Wildman–Crippen MR) is 54.3 cm³/mol. The van der Waals surface area contributed by atoms with Crippen molar-refractivity contribution in [3.63, 3.8) is 0 Å². The van der Waals surface area contributed by atoms with Gasteiger partial charge in [0.1, 0.15) is 5.75 Å². The van der Waals surface area contributed by atoms with Crippen LogP contribution in [0.4, 0.5) is 0 Å². The average Bonchev–Trinajstić information content (AvgIpc) is 2.15. The van der Waals surface area contributed by atoms with Crippen molar-refractivity contribution in [1.29, 1.82) is 0 Å². The maximum absolute atomic E-state index is 11.6. The van der Waals surface area contributed by atoms with Gasteiger partial charge in [-0.15, -0.1) is 0 Å². The van der Waals surface area contributed by atoms with E-state index in [1.165, 1.54) is 0 Å². The fourth-order valence-corrected chi connectivity index (χ4v) is 1.81. The van der Waals surface area contributed by atoms with Crippen molar-refractivity contribution in [3.8, 4) is 5.75 Å². The molecule has 1 unspecified atom stereocenters. The maximum atomic E-state index is 11.6. The van der Waals surface area contributed by atoms with E-state index in [9.17, 15) is 4.79 Å². The maximum Gasteiger partial charge on any atom is 0.314 e. The van der Waals surface area contributed by atoms with E-state index in [-0.39, 0.29) is 17.3 Å². The average molecular weight is 190 g/mol. The molecule has 1 aromatic rings. The lowest BCUT2D eigenvalue weighted by atomic mass is 9.72. The van der Waals surface area contributed by atoms with E-state index in [2.05, 4.69) is 13.8 Å². The predicted octanol–water partition coefficient (Wildman–Crippen LogP) is 2.52. The molecule has 0 aliphatic carbocycles. The fraction of sp³-hybridized carbons (Fsp3) is 0.417. The highest BCUT2D eigenvalue weighted by Gasteiger charge is 2.40. The number of carbonyl (C=O) groups is 1. The summed E-state index contributed by atoms with van der Waals surface area (Å²) >= 11 is 0. The van der Waals surface area contributed by atoms with Crippen molar-refractivity contribution in [2.24, 2.45) is 5.92 Å². The quantitative estimate of drug-likeness (QED) is 0.464. The number of fused-ring (bicyclic) bond motifs is 1. The first-order valence-corrected chi connectivity index (χ1v) is 4.84. The fourth-order valence-electron chi connectivity index (χ4n) is 1.81. The summed E-state index contributed by atoms with van der Waals surface area (Å²) in [6, 6.07) is 7.74. The molecule has 2 rings (SSSR count). The highest BCUT2D eigenvalue weighted by atomic mass is 16.5. The van der Waals surface area contributed by atoms with Gasteiger partial charge in [0, 0.05) is 11.0 Å². The van der Waals surface area contributed by atoms with Gasteiger partial charge >= 0.3 is 5.97 Å². The molecule has 1 atom stereocenters. The molecule has 0 fully saturated rings. The van der Waals surface area contributed by atoms with Crippen LogP contribution < -0.4 is 4.74 Å². The molecular weight excluding hydrogens is 176 g/mol. The molecule has 14 heavy (non-hydrogen) atoms. The first kappa shape index (κ1) is 9.25. The van der Waals surface area contributed by atoms with E-state index in [0.717, 1.165) is 5.56 Å². The molecule has 0 saturated heterocycles. The number of benzene rings is 1. The van der Waals surface area contributed by atoms with Gasteiger partial charge in [0.25, 0.3) is 0 Å². The minimum atomic E-state index is -0.133. The Balaban J connectivity index is 2.59. The number of rotatable bonds is 0. The first-order valence-electron chi connectivity index (χ1n) is 4.84. The van der Waals surface area contributed by atoms with Gasteiger partial charge in [-0.05, 0) is 6.07 Å². The number of hydrogen-bond donors (Lipinski definition) is 0. The van der Waals surface area contributed by atoms with Crippen LogP contribution in [0.25, 0.3) is 0 Å². The van der Waals surface area contributed by atoms with Gasteiger partial charge in [0.15, 0.2) is 0 Å². The lowest BCUT2D eigenvalue weighted by Gasteiger charge is -2.36. The van der Waals surface area contributed by atoms with Crippen molar-refractivity contribution in [1.82, 2.24) is 0 Å². The molecule has 1 aliphatic heterocycles. The summed E-state index contributed by atoms with van der Waals surface area (Å²) in [5.74, 6) is 0.492. The van der Waals surface area contributed by atoms with Crippen LogP contribution in [0, 0.1) is 5.92 Å². The Bertz CT molecular complexity index is 380. The second-order valence-corrected chi connectivity index (χ2v) is 4.36. The summed E-state index contributed by atoms with van der Waals surface area (Å²) in [5, 5.41) is 0. The Morgan fingerprint density at radius 2 is 1.93 bits per heavy atom. The van der Waals surface area contributed by atoms with E-state index in [4.69, 9.17) is 4.74 Å². The summed E-state index contributed by atoms with van der Waals surface area (Å²) in [5.41, 5.74) is 0.985. The second-order valence-electron chi connectivity index (χ2n) is 4.36. The molecule has 0 spiro atoms. The Labute approximate surface area is 83.9 Å². The number of hydrogen-bond acceptors (Lipinski definition) is 2. The van der Waals surface area contributed by atoms with Gasteiger partial charge in [-0.3, -0.25) is 4.79 Å². The third-order valence-corrected chi connectivity index (χ3v) is 3.23. The third kappa shape index (κ3) is 1.14. The number of para-hydroxylation sites is 1. The minimum Gasteiger partial charge on any atom is -0.426 e. The molecule has 2 heteroatoms. The molecule has 1 aromatic carbocycles. The number of esters is 1. The minimum absolute atomic E-state index is 0.0857. The normalized spacial score (nSPS) is 23.9. The topological polar surface area (TPSA) is 26.3 Å². The molecule has 0 radical (unpaired) electrons. The van der Waals surface area contributed by atoms with Gasteiger partial charge in [0.05, 0.1) is 5.92 Å². The molecule has 2 nitrogen and oxygen atoms in total. The Hall–Kier alpha value is -1.31. The lowest BCUT2D eigenvalue weighted by molar-refractivity contribution is -0.142. The summed E-state index contributed by atoms with van der Waals surface area (Å²) < 4.78 is 5.24. The SMILES string of the molecule is CC1C(=O)Oc2ccccc2C1(C)C. The smallest absolute Gasteiger partial charge is 0.314 e. The van der Waals surface area contributed by atoms with Gasteiger partial charge in [-0.1, -0.05) is 39.0 Å². The standard InChI is InChI=1S/C12H14O2/c1-8-11(13)14-10-7-5-4-6-9(10)12(8,2)3/h4-8H,1-3H3. The van der Waals surface area contributed by atoms with Crippen LogP contribution >= 0.6 is 0 Å². The van der Waals surface area contributed by atoms with Crippen molar-refractivity contribution < 1.29 is 9.53 Å². The number of carbonyl (C=O) groups excluding carboxylic acids is 1. The Morgan fingerprint density at radius 1 is 1.29 bits per heavy atom. The number of ether oxygens (including phenoxy) is 1. The zero-order chi connectivity index (χ0) is 10.3. The van der Waals surface area contributed by atoms with Crippen molar-refractivity contribution in [2.45, 2.75) is 26.2 Å². The van der Waals surface area contributed by atoms with Crippen molar-refractivity contribution >= 4 is 5.97 Å². The largest absolute Gasteiger partial charge is 0.426 e. The lowest BCUT2D eigenvalue weighted by Crippen LogP contribution is -2.39. The van der Waals surface area contributed by atoms with Crippen LogP contribution in [0.5, 0.6) is 5.75 Å². The first-order chi connectivity index (χ1) is 6.53. The van der Waals surface area contributed by atoms with Crippen molar-refractivity contribution in [3.05, 3.63) is 29.8 Å². The Morgan fingerprint density at radius 3 is 2.64 bits per heavy atom. The van der Waals surface area contributed by atoms with Crippen LogP contribution in [0.3, 0.4) is 0 Å². The van der Waals surface area contributed by atoms with Crippen LogP contribution in [-0.4, -0.2) is 5.97 Å². The molecular formula is C12H14O2. The molecule has 0 N–H and O–H groups in total. The van der Waals surface area contributed by atoms with Crippen molar-refractivity contribution in [2.75, 3.05) is 0 Å². The van der Waals surface area contributed by atoms with Crippen LogP contribution in [-0.2, 0) is 10.2 Å². The summed E-state index contributed by atoms with van der Waals surface area (Å²) in [7, 11) is 0. The molecule has 74 valence electrons. The van der Waals surface area contributed by atoms with Crippen LogP contribution in [0.1, 0.15) is 26.3 Å². The highest BCUT2D eigenvalue weighted by molar-refractivity contribution is 5.79. The molecule has 1 aliphatic rings. The van der Waals surface area contributed by atoms with Gasteiger partial charge in [-0.2, -0.15) is 0 Å². The monoisotopic (exact) mass is 190 g/mol. The van der Waals surface area contributed by atoms with Crippen LogP contribution in [0.15, 0.2) is 24.3 Å². The molecule has 1 heterocycles. The van der Waals surface area contributed by atoms with Gasteiger partial charge in [-0.25, -0.2) is 0 Å². The van der Waals surface area contributed by atoms with E-state index < -0.39 is 0 Å². The van der Waals surface area contributed by atoms with Gasteiger partial charge in [0.2, 0.25) is 0 Å². The zero-order valence-electron chi connectivity index (χ0n) is 8.70. The summed E-state index contributed by atoms with van der Waals surface area (Å²) in [4.78, 5) is 11.6. The van der Waals surface area contributed by atoms with E-state index in [1.807, 2.05) is 31.2 Å². The molecule has 0 bridgehead atoms. The Kier molecular flexibility index (Phi) is 1.88. The second kappa shape index (κ2) is 2.84. The molecule has 0 aromatic heterocycles. The van der Waals surface area contributed by atoms with E-state index in [0.29, 0.717) is 5.75 Å². The highest BCUT2D eigenvalue weighted by Crippen LogP contribution is 2.41. The summed E-state index contributed by atoms with van der Waals surface area (Å²) in [6.07, 6.45) is 0. The molecule has 0 saturated carbocycles. The third-order valence-electron chi connectivity index (χ3n) is 3.23. The zero-order valence-corrected chi connectivity index (χ0v) is 8.70. The van der Waals surface area contributed by atoms with E-state index in [1.54, 1.807) is 0 Å². The van der Waals surface area contributed by atoms with Crippen LogP contribution in [0.2, 0.25) is 0 Å². The van der Waals surface area contributed by atoms with Gasteiger partial charge < -0.3 is 4.74 Å². The van der Waals surface area contributed by atoms with E-state index >= 15 is 0 Å². The molecule has 0 amide bonds.